The van der Waals surface area contributed by atoms with Crippen molar-refractivity contribution < 1.29 is 9.50 Å². The van der Waals surface area contributed by atoms with Crippen molar-refractivity contribution in [2.45, 2.75) is 0 Å². The number of para-hydroxylation sites is 2. The summed E-state index contributed by atoms with van der Waals surface area (Å²) in [5, 5.41) is 15.0. The van der Waals surface area contributed by atoms with Gasteiger partial charge < -0.3 is 15.7 Å². The van der Waals surface area contributed by atoms with Gasteiger partial charge in [-0.2, -0.15) is 4.98 Å². The molecule has 0 fully saturated rings. The van der Waals surface area contributed by atoms with E-state index >= 15 is 0 Å². The van der Waals surface area contributed by atoms with Crippen LogP contribution in [0.5, 0.6) is 0 Å². The molecule has 136 valence electrons. The minimum Gasteiger partial charge on any atom is -0.395 e. The molecule has 3 N–H and O–H groups in total. The van der Waals surface area contributed by atoms with Crippen molar-refractivity contribution in [1.82, 2.24) is 19.5 Å². The molecule has 4 rings (SSSR count). The van der Waals surface area contributed by atoms with Crippen LogP contribution in [0.1, 0.15) is 0 Å². The fourth-order valence-electron chi connectivity index (χ4n) is 2.72. The van der Waals surface area contributed by atoms with Gasteiger partial charge in [-0.05, 0) is 24.3 Å². The van der Waals surface area contributed by atoms with E-state index in [-0.39, 0.29) is 12.4 Å². The number of aromatic nitrogens is 4. The number of anilines is 3. The normalized spacial score (nSPS) is 10.9. The Kier molecular flexibility index (Phi) is 4.63. The zero-order valence-electron chi connectivity index (χ0n) is 14.3. The Bertz CT molecular complexity index is 1070. The summed E-state index contributed by atoms with van der Waals surface area (Å²) >= 11 is 0. The van der Waals surface area contributed by atoms with Gasteiger partial charge in [0.15, 0.2) is 5.65 Å². The van der Waals surface area contributed by atoms with Gasteiger partial charge in [0.25, 0.3) is 0 Å². The molecule has 27 heavy (non-hydrogen) atoms. The van der Waals surface area contributed by atoms with Crippen molar-refractivity contribution in [3.05, 3.63) is 66.6 Å². The first-order chi connectivity index (χ1) is 13.3. The van der Waals surface area contributed by atoms with Gasteiger partial charge in [-0.3, -0.25) is 4.57 Å². The van der Waals surface area contributed by atoms with Gasteiger partial charge in [0.1, 0.15) is 11.3 Å². The van der Waals surface area contributed by atoms with Crippen LogP contribution in [0.4, 0.5) is 22.0 Å². The summed E-state index contributed by atoms with van der Waals surface area (Å²) in [7, 11) is 0. The first kappa shape index (κ1) is 16.9. The van der Waals surface area contributed by atoms with Gasteiger partial charge in [0.2, 0.25) is 11.9 Å². The first-order valence-electron chi connectivity index (χ1n) is 8.43. The number of rotatable bonds is 6. The predicted octanol–water partition coefficient (Wildman–Crippen LogP) is 3.10. The number of halogens is 1. The highest BCUT2D eigenvalue weighted by Crippen LogP contribution is 2.27. The lowest BCUT2D eigenvalue weighted by molar-refractivity contribution is 0.311. The molecular weight excluding hydrogens is 347 g/mol. The van der Waals surface area contributed by atoms with Gasteiger partial charge in [-0.15, -0.1) is 0 Å². The zero-order chi connectivity index (χ0) is 18.6. The van der Waals surface area contributed by atoms with E-state index in [1.807, 2.05) is 30.3 Å². The van der Waals surface area contributed by atoms with Crippen LogP contribution in [0.2, 0.25) is 0 Å². The van der Waals surface area contributed by atoms with E-state index in [9.17, 15) is 4.39 Å². The molecule has 2 heterocycles. The second-order valence-electron chi connectivity index (χ2n) is 5.76. The smallest absolute Gasteiger partial charge is 0.224 e. The molecule has 4 aromatic rings. The average molecular weight is 364 g/mol. The lowest BCUT2D eigenvalue weighted by Crippen LogP contribution is -2.09. The summed E-state index contributed by atoms with van der Waals surface area (Å²) in [6.07, 6.45) is 1.59. The van der Waals surface area contributed by atoms with Crippen LogP contribution in [0, 0.1) is 5.82 Å². The summed E-state index contributed by atoms with van der Waals surface area (Å²) in [4.78, 5) is 13.2. The number of benzene rings is 2. The molecule has 8 heteroatoms. The van der Waals surface area contributed by atoms with Crippen LogP contribution in [-0.2, 0) is 0 Å². The van der Waals surface area contributed by atoms with Crippen LogP contribution in [0.15, 0.2) is 60.8 Å². The number of nitrogens with zero attached hydrogens (tertiary/aromatic N) is 4. The molecule has 0 spiro atoms. The highest BCUT2D eigenvalue weighted by atomic mass is 19.1. The van der Waals surface area contributed by atoms with E-state index in [0.717, 1.165) is 5.69 Å². The minimum absolute atomic E-state index is 0.0283. The molecule has 0 aliphatic carbocycles. The largest absolute Gasteiger partial charge is 0.395 e. The minimum atomic E-state index is -0.374. The maximum absolute atomic E-state index is 14.1. The third kappa shape index (κ3) is 3.42. The summed E-state index contributed by atoms with van der Waals surface area (Å²) < 4.78 is 15.9. The standard InChI is InChI=1S/C19H17FN6O/c20-14-8-4-5-9-15(14)23-19-24-16-12-22-18(21-10-11-27)25-17(16)26(19)13-6-2-1-3-7-13/h1-9,12,27H,10-11H2,(H,23,24)(H,21,22,25). The van der Waals surface area contributed by atoms with Gasteiger partial charge >= 0.3 is 0 Å². The van der Waals surface area contributed by atoms with Gasteiger partial charge in [0.05, 0.1) is 24.2 Å². The lowest BCUT2D eigenvalue weighted by Gasteiger charge is -2.11. The van der Waals surface area contributed by atoms with Crippen LogP contribution >= 0.6 is 0 Å². The first-order valence-corrected chi connectivity index (χ1v) is 8.43. The third-order valence-electron chi connectivity index (χ3n) is 3.93. The predicted molar refractivity (Wildman–Crippen MR) is 102 cm³/mol. The molecule has 0 radical (unpaired) electrons. The van der Waals surface area contributed by atoms with E-state index in [0.29, 0.717) is 35.3 Å². The summed E-state index contributed by atoms with van der Waals surface area (Å²) in [6.45, 7) is 0.310. The fraction of sp³-hybridized carbons (Fsp3) is 0.105. The van der Waals surface area contributed by atoms with Crippen molar-refractivity contribution in [1.29, 1.82) is 0 Å². The maximum Gasteiger partial charge on any atom is 0.224 e. The Morgan fingerprint density at radius 3 is 2.56 bits per heavy atom. The second kappa shape index (κ2) is 7.38. The third-order valence-corrected chi connectivity index (χ3v) is 3.93. The Balaban J connectivity index is 1.86. The van der Waals surface area contributed by atoms with Gasteiger partial charge in [0, 0.05) is 6.54 Å². The number of nitrogens with one attached hydrogen (secondary N) is 2. The molecule has 0 unspecified atom stereocenters. The molecule has 0 saturated carbocycles. The number of aliphatic hydroxyl groups is 1. The van der Waals surface area contributed by atoms with E-state index in [2.05, 4.69) is 25.6 Å². The summed E-state index contributed by atoms with van der Waals surface area (Å²) in [5.41, 5.74) is 2.27. The molecule has 7 nitrogen and oxygen atoms in total. The molecule has 0 atom stereocenters. The molecule has 0 aliphatic heterocycles. The summed E-state index contributed by atoms with van der Waals surface area (Å²) in [5.74, 6) is 0.432. The maximum atomic E-state index is 14.1. The van der Waals surface area contributed by atoms with Gasteiger partial charge in [-0.25, -0.2) is 14.4 Å². The van der Waals surface area contributed by atoms with Crippen LogP contribution in [0.25, 0.3) is 16.9 Å². The number of aliphatic hydroxyl groups excluding tert-OH is 1. The number of hydrogen-bond acceptors (Lipinski definition) is 6. The molecule has 0 aliphatic rings. The van der Waals surface area contributed by atoms with Crippen molar-refractivity contribution in [2.24, 2.45) is 0 Å². The topological polar surface area (TPSA) is 87.9 Å². The van der Waals surface area contributed by atoms with E-state index in [1.54, 1.807) is 29.0 Å². The van der Waals surface area contributed by atoms with E-state index in [4.69, 9.17) is 5.11 Å². The Labute approximate surface area is 154 Å². The Hall–Kier alpha value is -3.52. The Morgan fingerprint density at radius 1 is 1.00 bits per heavy atom. The number of fused-ring (bicyclic) bond motifs is 1. The molecule has 2 aromatic carbocycles. The van der Waals surface area contributed by atoms with Gasteiger partial charge in [-0.1, -0.05) is 30.3 Å². The van der Waals surface area contributed by atoms with E-state index < -0.39 is 0 Å². The van der Waals surface area contributed by atoms with Crippen molar-refractivity contribution in [2.75, 3.05) is 23.8 Å². The molecule has 0 amide bonds. The van der Waals surface area contributed by atoms with Crippen molar-refractivity contribution >= 4 is 28.7 Å². The van der Waals surface area contributed by atoms with Crippen molar-refractivity contribution in [3.63, 3.8) is 0 Å². The lowest BCUT2D eigenvalue weighted by atomic mass is 10.3. The summed E-state index contributed by atoms with van der Waals surface area (Å²) in [6, 6.07) is 15.9. The monoisotopic (exact) mass is 364 g/mol. The fourth-order valence-corrected chi connectivity index (χ4v) is 2.72. The molecule has 2 aromatic heterocycles. The van der Waals surface area contributed by atoms with E-state index in [1.165, 1.54) is 6.07 Å². The molecule has 0 saturated heterocycles. The van der Waals surface area contributed by atoms with Crippen LogP contribution in [0.3, 0.4) is 0 Å². The number of hydrogen-bond donors (Lipinski definition) is 3. The second-order valence-corrected chi connectivity index (χ2v) is 5.76. The number of imidazole rings is 1. The average Bonchev–Trinajstić information content (AvgIpc) is 3.06. The zero-order valence-corrected chi connectivity index (χ0v) is 14.3. The van der Waals surface area contributed by atoms with Crippen LogP contribution in [-0.4, -0.2) is 37.8 Å². The van der Waals surface area contributed by atoms with Crippen molar-refractivity contribution in [3.8, 4) is 5.69 Å². The highest BCUT2D eigenvalue weighted by molar-refractivity contribution is 5.79. The quantitative estimate of drug-likeness (QED) is 0.487. The highest BCUT2D eigenvalue weighted by Gasteiger charge is 2.16. The van der Waals surface area contributed by atoms with Crippen LogP contribution < -0.4 is 10.6 Å². The Morgan fingerprint density at radius 2 is 1.78 bits per heavy atom. The SMILES string of the molecule is OCCNc1ncc2nc(Nc3ccccc3F)n(-c3ccccc3)c2n1. The molecular formula is C19H17FN6O. The molecule has 0 bridgehead atoms.